The van der Waals surface area contributed by atoms with Crippen LogP contribution in [0.3, 0.4) is 0 Å². The normalized spacial score (nSPS) is 15.0. The Morgan fingerprint density at radius 2 is 1.71 bits per heavy atom. The fraction of sp³-hybridized carbons (Fsp3) is 0.0909. The van der Waals surface area contributed by atoms with Gasteiger partial charge >= 0.3 is 0 Å². The molecule has 0 aromatic heterocycles. The van der Waals surface area contributed by atoms with Gasteiger partial charge < -0.3 is 14.4 Å². The van der Waals surface area contributed by atoms with Gasteiger partial charge in [0.15, 0.2) is 12.4 Å². The minimum absolute atomic E-state index is 0.0824. The van der Waals surface area contributed by atoms with Gasteiger partial charge in [-0.1, -0.05) is 0 Å². The van der Waals surface area contributed by atoms with Gasteiger partial charge in [-0.25, -0.2) is 16.8 Å². The Bertz CT molecular complexity index is 966. The maximum atomic E-state index is 11.3. The highest BCUT2D eigenvalue weighted by Crippen LogP contribution is 2.35. The first-order valence-electron chi connectivity index (χ1n) is 5.77. The van der Waals surface area contributed by atoms with E-state index in [2.05, 4.69) is 5.32 Å². The number of quaternary nitrogens is 1. The first-order chi connectivity index (χ1) is 9.68. The number of benzene rings is 2. The van der Waals surface area contributed by atoms with Gasteiger partial charge in [0.05, 0.1) is 9.79 Å². The Morgan fingerprint density at radius 3 is 2.33 bits per heavy atom. The predicted octanol–water partition coefficient (Wildman–Crippen LogP) is -0.774. The molecule has 1 aliphatic rings. The van der Waals surface area contributed by atoms with Crippen molar-refractivity contribution in [2.75, 3.05) is 12.0 Å². The van der Waals surface area contributed by atoms with Crippen molar-refractivity contribution in [2.45, 2.75) is 9.79 Å². The molecule has 0 aliphatic carbocycles. The SMILES string of the molecule is O=S(=O)([O-])c1cc(S(=O)(=O)[O-])c2ccc3c(c2c1)NC[NH2+]3. The van der Waals surface area contributed by atoms with Crippen LogP contribution >= 0.6 is 0 Å². The lowest BCUT2D eigenvalue weighted by Gasteiger charge is -2.16. The summed E-state index contributed by atoms with van der Waals surface area (Å²) in [6, 6.07) is 4.73. The van der Waals surface area contributed by atoms with Crippen molar-refractivity contribution < 1.29 is 31.3 Å². The van der Waals surface area contributed by atoms with Crippen LogP contribution < -0.4 is 10.6 Å². The van der Waals surface area contributed by atoms with Gasteiger partial charge in [0.2, 0.25) is 0 Å². The summed E-state index contributed by atoms with van der Waals surface area (Å²) in [5.74, 6) is 0. The molecule has 0 atom stereocenters. The average Bonchev–Trinajstić information content (AvgIpc) is 2.83. The molecule has 0 unspecified atom stereocenters. The Balaban J connectivity index is 2.52. The zero-order valence-electron chi connectivity index (χ0n) is 10.4. The van der Waals surface area contributed by atoms with Crippen molar-refractivity contribution in [1.82, 2.24) is 0 Å². The molecule has 0 bridgehead atoms. The second-order valence-electron chi connectivity index (χ2n) is 4.54. The van der Waals surface area contributed by atoms with E-state index in [1.165, 1.54) is 6.07 Å². The maximum absolute atomic E-state index is 11.3. The molecule has 0 fully saturated rings. The quantitative estimate of drug-likeness (QED) is 0.543. The molecule has 0 radical (unpaired) electrons. The third kappa shape index (κ3) is 2.36. The molecule has 0 saturated carbocycles. The zero-order chi connectivity index (χ0) is 15.4. The summed E-state index contributed by atoms with van der Waals surface area (Å²) in [6.07, 6.45) is 0. The summed E-state index contributed by atoms with van der Waals surface area (Å²) in [5, 5.41) is 5.07. The van der Waals surface area contributed by atoms with E-state index >= 15 is 0 Å². The number of rotatable bonds is 2. The number of hydrogen-bond donors (Lipinski definition) is 2. The van der Waals surface area contributed by atoms with Crippen LogP contribution in [0.15, 0.2) is 34.1 Å². The first kappa shape index (κ1) is 14.2. The topological polar surface area (TPSA) is 143 Å². The number of nitrogens with one attached hydrogen (secondary N) is 1. The largest absolute Gasteiger partial charge is 0.744 e. The molecule has 3 N–H and O–H groups in total. The Kier molecular flexibility index (Phi) is 2.97. The maximum Gasteiger partial charge on any atom is 0.155 e. The molecule has 112 valence electrons. The number of hydrogen-bond acceptors (Lipinski definition) is 7. The van der Waals surface area contributed by atoms with Crippen LogP contribution in [0.5, 0.6) is 0 Å². The lowest BCUT2D eigenvalue weighted by atomic mass is 10.1. The van der Waals surface area contributed by atoms with Crippen molar-refractivity contribution in [1.29, 1.82) is 0 Å². The summed E-state index contributed by atoms with van der Waals surface area (Å²) < 4.78 is 67.6. The van der Waals surface area contributed by atoms with Crippen LogP contribution in [0, 0.1) is 0 Å². The molecule has 0 amide bonds. The van der Waals surface area contributed by atoms with Crippen molar-refractivity contribution in [3.8, 4) is 0 Å². The smallest absolute Gasteiger partial charge is 0.155 e. The van der Waals surface area contributed by atoms with E-state index in [0.29, 0.717) is 18.4 Å². The lowest BCUT2D eigenvalue weighted by molar-refractivity contribution is -0.557. The van der Waals surface area contributed by atoms with Gasteiger partial charge in [0.1, 0.15) is 25.9 Å². The van der Waals surface area contributed by atoms with E-state index in [-0.39, 0.29) is 10.8 Å². The summed E-state index contributed by atoms with van der Waals surface area (Å²) in [6.45, 7) is 0.488. The molecule has 1 aliphatic heterocycles. The van der Waals surface area contributed by atoms with Crippen LogP contribution in [-0.4, -0.2) is 32.6 Å². The van der Waals surface area contributed by atoms with E-state index in [0.717, 1.165) is 11.8 Å². The Labute approximate surface area is 120 Å². The second-order valence-corrected chi connectivity index (χ2v) is 7.27. The molecular formula is C11H9N2O6S2-. The third-order valence-corrected chi connectivity index (χ3v) is 4.95. The van der Waals surface area contributed by atoms with Gasteiger partial charge in [-0.05, 0) is 18.2 Å². The van der Waals surface area contributed by atoms with E-state index in [4.69, 9.17) is 0 Å². The van der Waals surface area contributed by atoms with Crippen molar-refractivity contribution >= 4 is 42.4 Å². The van der Waals surface area contributed by atoms with Gasteiger partial charge in [-0.3, -0.25) is 5.32 Å². The minimum Gasteiger partial charge on any atom is -0.744 e. The van der Waals surface area contributed by atoms with Gasteiger partial charge in [-0.15, -0.1) is 0 Å². The zero-order valence-corrected chi connectivity index (χ0v) is 12.0. The molecule has 0 saturated heterocycles. The highest BCUT2D eigenvalue weighted by Gasteiger charge is 2.21. The standard InChI is InChI=1S/C11H10N2O6S2/c14-20(15,16)6-3-8-7(10(4-6)21(17,18)19)1-2-9-11(8)13-5-12-9/h1-4,12-13H,5H2,(H,14,15,16)(H,17,18,19)/p-1. The van der Waals surface area contributed by atoms with Crippen molar-refractivity contribution in [3.05, 3.63) is 24.3 Å². The van der Waals surface area contributed by atoms with E-state index in [1.807, 2.05) is 5.32 Å². The minimum atomic E-state index is -4.92. The molecule has 3 rings (SSSR count). The Hall–Kier alpha value is -1.72. The van der Waals surface area contributed by atoms with Crippen LogP contribution in [0.4, 0.5) is 11.4 Å². The summed E-state index contributed by atoms with van der Waals surface area (Å²) >= 11 is 0. The molecule has 8 nitrogen and oxygen atoms in total. The Morgan fingerprint density at radius 1 is 1.00 bits per heavy atom. The third-order valence-electron chi connectivity index (χ3n) is 3.26. The van der Waals surface area contributed by atoms with Crippen LogP contribution in [0.1, 0.15) is 0 Å². The average molecular weight is 329 g/mol. The highest BCUT2D eigenvalue weighted by molar-refractivity contribution is 7.86. The summed E-state index contributed by atoms with van der Waals surface area (Å²) in [5.41, 5.74) is 1.25. The molecule has 2 aromatic rings. The fourth-order valence-electron chi connectivity index (χ4n) is 2.37. The van der Waals surface area contributed by atoms with Crippen LogP contribution in [0.25, 0.3) is 10.8 Å². The van der Waals surface area contributed by atoms with E-state index in [1.54, 1.807) is 6.07 Å². The van der Waals surface area contributed by atoms with E-state index in [9.17, 15) is 25.9 Å². The second kappa shape index (κ2) is 4.39. The lowest BCUT2D eigenvalue weighted by Crippen LogP contribution is -2.76. The molecule has 1 heterocycles. The van der Waals surface area contributed by atoms with Gasteiger partial charge in [0, 0.05) is 16.8 Å². The first-order valence-corrected chi connectivity index (χ1v) is 8.59. The highest BCUT2D eigenvalue weighted by atomic mass is 32.2. The molecular weight excluding hydrogens is 320 g/mol. The number of nitrogens with two attached hydrogens (primary N) is 1. The summed E-state index contributed by atoms with van der Waals surface area (Å²) in [4.78, 5) is -1.46. The van der Waals surface area contributed by atoms with Gasteiger partial charge in [0.25, 0.3) is 0 Å². The molecule has 0 spiro atoms. The molecule has 2 aromatic carbocycles. The number of fused-ring (bicyclic) bond motifs is 3. The van der Waals surface area contributed by atoms with Crippen molar-refractivity contribution in [2.24, 2.45) is 0 Å². The fourth-order valence-corrected chi connectivity index (χ4v) is 3.69. The molecule has 10 heteroatoms. The molecule has 21 heavy (non-hydrogen) atoms. The summed E-state index contributed by atoms with van der Waals surface area (Å²) in [7, 11) is -9.81. The van der Waals surface area contributed by atoms with Crippen molar-refractivity contribution in [3.63, 3.8) is 0 Å². The van der Waals surface area contributed by atoms with Crippen LogP contribution in [0.2, 0.25) is 0 Å². The monoisotopic (exact) mass is 329 g/mol. The van der Waals surface area contributed by atoms with E-state index < -0.39 is 30.0 Å². The predicted molar refractivity (Wildman–Crippen MR) is 69.9 cm³/mol. The number of anilines is 1. The van der Waals surface area contributed by atoms with Crippen LogP contribution in [-0.2, 0) is 20.2 Å². The van der Waals surface area contributed by atoms with Gasteiger partial charge in [-0.2, -0.15) is 0 Å².